The summed E-state index contributed by atoms with van der Waals surface area (Å²) in [5.41, 5.74) is 0.373. The van der Waals surface area contributed by atoms with Gasteiger partial charge in [-0.25, -0.2) is 0 Å². The molecule has 0 amide bonds. The standard InChI is InChI=1S/C13H19NO/c1-11-13(15,9-6-10-14(11)2)12-7-4-3-5-8-12/h3-5,7-8,11,15H,6,9-10H2,1-2H3. The van der Waals surface area contributed by atoms with Crippen molar-refractivity contribution in [1.82, 2.24) is 4.90 Å². The van der Waals surface area contributed by atoms with Gasteiger partial charge in [0.25, 0.3) is 0 Å². The van der Waals surface area contributed by atoms with Crippen molar-refractivity contribution in [3.05, 3.63) is 35.9 Å². The van der Waals surface area contributed by atoms with Crippen LogP contribution in [-0.4, -0.2) is 29.6 Å². The maximum Gasteiger partial charge on any atom is 0.105 e. The molecule has 2 nitrogen and oxygen atoms in total. The molecule has 82 valence electrons. The number of piperidine rings is 1. The number of likely N-dealkylation sites (N-methyl/N-ethyl adjacent to an activating group) is 1. The third-order valence-electron chi connectivity index (χ3n) is 3.69. The molecule has 1 aliphatic heterocycles. The Morgan fingerprint density at radius 2 is 2.00 bits per heavy atom. The van der Waals surface area contributed by atoms with E-state index < -0.39 is 5.60 Å². The molecule has 0 aliphatic carbocycles. The Kier molecular flexibility index (Phi) is 2.81. The van der Waals surface area contributed by atoms with Crippen LogP contribution in [0.3, 0.4) is 0 Å². The molecule has 2 heteroatoms. The summed E-state index contributed by atoms with van der Waals surface area (Å²) >= 11 is 0. The average Bonchev–Trinajstić information content (AvgIpc) is 2.27. The highest BCUT2D eigenvalue weighted by Crippen LogP contribution is 2.35. The molecule has 1 saturated heterocycles. The van der Waals surface area contributed by atoms with Gasteiger partial charge in [0, 0.05) is 6.04 Å². The van der Waals surface area contributed by atoms with Crippen LogP contribution in [0.25, 0.3) is 0 Å². The third-order valence-corrected chi connectivity index (χ3v) is 3.69. The molecular weight excluding hydrogens is 186 g/mol. The van der Waals surface area contributed by atoms with E-state index in [0.717, 1.165) is 24.9 Å². The Labute approximate surface area is 91.5 Å². The second-order valence-electron chi connectivity index (χ2n) is 4.55. The highest BCUT2D eigenvalue weighted by atomic mass is 16.3. The van der Waals surface area contributed by atoms with E-state index in [4.69, 9.17) is 0 Å². The number of hydrogen-bond acceptors (Lipinski definition) is 2. The molecule has 1 fully saturated rings. The number of benzene rings is 1. The van der Waals surface area contributed by atoms with Gasteiger partial charge in [-0.2, -0.15) is 0 Å². The summed E-state index contributed by atoms with van der Waals surface area (Å²) in [7, 11) is 2.08. The second kappa shape index (κ2) is 3.95. The first kappa shape index (κ1) is 10.7. The lowest BCUT2D eigenvalue weighted by Crippen LogP contribution is -2.51. The van der Waals surface area contributed by atoms with Crippen molar-refractivity contribution >= 4 is 0 Å². The minimum atomic E-state index is -0.672. The van der Waals surface area contributed by atoms with Crippen LogP contribution >= 0.6 is 0 Å². The Hall–Kier alpha value is -0.860. The van der Waals surface area contributed by atoms with Crippen molar-refractivity contribution in [2.24, 2.45) is 0 Å². The number of nitrogens with zero attached hydrogens (tertiary/aromatic N) is 1. The first-order chi connectivity index (χ1) is 7.14. The molecule has 0 bridgehead atoms. The van der Waals surface area contributed by atoms with Gasteiger partial charge in [-0.1, -0.05) is 30.3 Å². The van der Waals surface area contributed by atoms with Gasteiger partial charge in [0.05, 0.1) is 0 Å². The summed E-state index contributed by atoms with van der Waals surface area (Å²) in [5.74, 6) is 0. The monoisotopic (exact) mass is 205 g/mol. The lowest BCUT2D eigenvalue weighted by molar-refractivity contribution is -0.0711. The normalized spacial score (nSPS) is 32.9. The van der Waals surface area contributed by atoms with Gasteiger partial charge >= 0.3 is 0 Å². The van der Waals surface area contributed by atoms with Gasteiger partial charge < -0.3 is 10.0 Å². The first-order valence-corrected chi connectivity index (χ1v) is 5.63. The summed E-state index contributed by atoms with van der Waals surface area (Å²) in [6.45, 7) is 3.18. The van der Waals surface area contributed by atoms with E-state index in [1.165, 1.54) is 0 Å². The van der Waals surface area contributed by atoms with Gasteiger partial charge in [-0.05, 0) is 38.9 Å². The highest BCUT2D eigenvalue weighted by molar-refractivity contribution is 5.24. The SMILES string of the molecule is CC1N(C)CCCC1(O)c1ccccc1. The minimum Gasteiger partial charge on any atom is -0.384 e. The average molecular weight is 205 g/mol. The minimum absolute atomic E-state index is 0.189. The van der Waals surface area contributed by atoms with Crippen LogP contribution in [0.2, 0.25) is 0 Å². The predicted molar refractivity (Wildman–Crippen MR) is 61.7 cm³/mol. The van der Waals surface area contributed by atoms with E-state index in [9.17, 15) is 5.11 Å². The van der Waals surface area contributed by atoms with E-state index in [1.807, 2.05) is 30.3 Å². The molecule has 0 saturated carbocycles. The lowest BCUT2D eigenvalue weighted by Gasteiger charge is -2.44. The smallest absolute Gasteiger partial charge is 0.105 e. The molecular formula is C13H19NO. The summed E-state index contributed by atoms with van der Waals surface area (Å²) in [6.07, 6.45) is 1.93. The maximum absolute atomic E-state index is 10.7. The lowest BCUT2D eigenvalue weighted by atomic mass is 9.80. The number of hydrogen-bond donors (Lipinski definition) is 1. The first-order valence-electron chi connectivity index (χ1n) is 5.63. The fourth-order valence-electron chi connectivity index (χ4n) is 2.48. The van der Waals surface area contributed by atoms with Gasteiger partial charge in [0.2, 0.25) is 0 Å². The summed E-state index contributed by atoms with van der Waals surface area (Å²) in [6, 6.07) is 10.2. The van der Waals surface area contributed by atoms with Crippen molar-refractivity contribution in [2.45, 2.75) is 31.4 Å². The number of rotatable bonds is 1. The highest BCUT2D eigenvalue weighted by Gasteiger charge is 2.40. The molecule has 2 rings (SSSR count). The second-order valence-corrected chi connectivity index (χ2v) is 4.55. The molecule has 1 aromatic carbocycles. The Bertz CT molecular complexity index is 325. The fraction of sp³-hybridized carbons (Fsp3) is 0.538. The zero-order chi connectivity index (χ0) is 10.9. The topological polar surface area (TPSA) is 23.5 Å². The Morgan fingerprint density at radius 1 is 1.33 bits per heavy atom. The van der Waals surface area contributed by atoms with Crippen molar-refractivity contribution in [2.75, 3.05) is 13.6 Å². The van der Waals surface area contributed by atoms with Crippen LogP contribution in [0.15, 0.2) is 30.3 Å². The largest absolute Gasteiger partial charge is 0.384 e. The van der Waals surface area contributed by atoms with Crippen molar-refractivity contribution in [1.29, 1.82) is 0 Å². The summed E-state index contributed by atoms with van der Waals surface area (Å²) < 4.78 is 0. The van der Waals surface area contributed by atoms with E-state index in [-0.39, 0.29) is 6.04 Å². The molecule has 2 unspecified atom stereocenters. The van der Waals surface area contributed by atoms with E-state index in [0.29, 0.717) is 0 Å². The molecule has 0 aromatic heterocycles. The van der Waals surface area contributed by atoms with Crippen LogP contribution in [-0.2, 0) is 5.60 Å². The molecule has 2 atom stereocenters. The molecule has 0 spiro atoms. The zero-order valence-corrected chi connectivity index (χ0v) is 9.48. The maximum atomic E-state index is 10.7. The van der Waals surface area contributed by atoms with Crippen molar-refractivity contribution < 1.29 is 5.11 Å². The molecule has 1 N–H and O–H groups in total. The van der Waals surface area contributed by atoms with Crippen molar-refractivity contribution in [3.8, 4) is 0 Å². The number of likely N-dealkylation sites (tertiary alicyclic amines) is 1. The Balaban J connectivity index is 2.32. The van der Waals surface area contributed by atoms with Gasteiger partial charge in [0.15, 0.2) is 0 Å². The van der Waals surface area contributed by atoms with E-state index in [2.05, 4.69) is 18.9 Å². The van der Waals surface area contributed by atoms with Crippen molar-refractivity contribution in [3.63, 3.8) is 0 Å². The van der Waals surface area contributed by atoms with Gasteiger partial charge in [0.1, 0.15) is 5.60 Å². The third kappa shape index (κ3) is 1.80. The number of aliphatic hydroxyl groups is 1. The predicted octanol–water partition coefficient (Wildman–Crippen LogP) is 1.99. The van der Waals surface area contributed by atoms with Gasteiger partial charge in [-0.3, -0.25) is 0 Å². The molecule has 1 aliphatic rings. The summed E-state index contributed by atoms with van der Waals surface area (Å²) in [4.78, 5) is 2.23. The molecule has 1 aromatic rings. The molecule has 0 radical (unpaired) electrons. The molecule has 15 heavy (non-hydrogen) atoms. The summed E-state index contributed by atoms with van der Waals surface area (Å²) in [5, 5.41) is 10.7. The molecule has 1 heterocycles. The Morgan fingerprint density at radius 3 is 2.67 bits per heavy atom. The zero-order valence-electron chi connectivity index (χ0n) is 9.48. The van der Waals surface area contributed by atoms with E-state index >= 15 is 0 Å². The fourth-order valence-corrected chi connectivity index (χ4v) is 2.48. The quantitative estimate of drug-likeness (QED) is 0.758. The van der Waals surface area contributed by atoms with Crippen LogP contribution in [0.5, 0.6) is 0 Å². The van der Waals surface area contributed by atoms with Crippen LogP contribution in [0.1, 0.15) is 25.3 Å². The van der Waals surface area contributed by atoms with E-state index in [1.54, 1.807) is 0 Å². The van der Waals surface area contributed by atoms with Gasteiger partial charge in [-0.15, -0.1) is 0 Å². The van der Waals surface area contributed by atoms with Crippen LogP contribution in [0, 0.1) is 0 Å². The van der Waals surface area contributed by atoms with Crippen LogP contribution < -0.4 is 0 Å². The van der Waals surface area contributed by atoms with Crippen LogP contribution in [0.4, 0.5) is 0 Å².